The average Bonchev–Trinajstić information content (AvgIpc) is 2.87. The summed E-state index contributed by atoms with van der Waals surface area (Å²) in [5.74, 6) is -1.43. The van der Waals surface area contributed by atoms with Crippen LogP contribution >= 0.6 is 11.5 Å². The second kappa shape index (κ2) is 6.49. The van der Waals surface area contributed by atoms with E-state index < -0.39 is 11.9 Å². The monoisotopic (exact) mass is 304 g/mol. The summed E-state index contributed by atoms with van der Waals surface area (Å²) < 4.78 is 4.07. The largest absolute Gasteiger partial charge is 0.481 e. The summed E-state index contributed by atoms with van der Waals surface area (Å²) >= 11 is 1.25. The number of hydrogen-bond donors (Lipinski definition) is 2. The number of aromatic nitrogens is 1. The van der Waals surface area contributed by atoms with Gasteiger partial charge < -0.3 is 10.4 Å². The predicted octanol–water partition coefficient (Wildman–Crippen LogP) is 2.97. The molecule has 0 spiro atoms. The normalized spacial score (nSPS) is 11.9. The molecule has 0 saturated heterocycles. The molecule has 21 heavy (non-hydrogen) atoms. The maximum Gasteiger partial charge on any atom is 0.306 e. The predicted molar refractivity (Wildman–Crippen MR) is 81.8 cm³/mol. The zero-order chi connectivity index (χ0) is 15.4. The van der Waals surface area contributed by atoms with Crippen molar-refractivity contribution < 1.29 is 14.7 Å². The Bertz CT molecular complexity index is 649. The molecule has 1 amide bonds. The number of aliphatic carboxylic acids is 1. The van der Waals surface area contributed by atoms with Gasteiger partial charge in [-0.25, -0.2) is 0 Å². The number of aryl methyl sites for hydroxylation is 1. The third kappa shape index (κ3) is 3.88. The van der Waals surface area contributed by atoms with Crippen molar-refractivity contribution in [2.45, 2.75) is 20.3 Å². The number of carbonyl (C=O) groups is 2. The maximum atomic E-state index is 12.0. The Balaban J connectivity index is 2.01. The second-order valence-electron chi connectivity index (χ2n) is 4.91. The van der Waals surface area contributed by atoms with E-state index in [1.54, 1.807) is 31.4 Å². The van der Waals surface area contributed by atoms with E-state index in [2.05, 4.69) is 9.69 Å². The highest BCUT2D eigenvalue weighted by molar-refractivity contribution is 7.04. The van der Waals surface area contributed by atoms with Crippen molar-refractivity contribution in [1.82, 2.24) is 4.37 Å². The van der Waals surface area contributed by atoms with Crippen LogP contribution in [0.3, 0.4) is 0 Å². The molecule has 0 radical (unpaired) electrons. The van der Waals surface area contributed by atoms with Gasteiger partial charge in [-0.05, 0) is 42.6 Å². The maximum absolute atomic E-state index is 12.0. The molecule has 1 heterocycles. The Morgan fingerprint density at radius 1 is 1.33 bits per heavy atom. The summed E-state index contributed by atoms with van der Waals surface area (Å²) in [7, 11) is 0. The smallest absolute Gasteiger partial charge is 0.306 e. The Hall–Kier alpha value is -2.21. The van der Waals surface area contributed by atoms with E-state index in [4.69, 9.17) is 5.11 Å². The lowest BCUT2D eigenvalue weighted by molar-refractivity contribution is -0.141. The van der Waals surface area contributed by atoms with Crippen molar-refractivity contribution in [3.8, 4) is 0 Å². The molecule has 2 rings (SSSR count). The van der Waals surface area contributed by atoms with Gasteiger partial charge in [-0.1, -0.05) is 19.1 Å². The van der Waals surface area contributed by atoms with Crippen LogP contribution in [0.25, 0.3) is 0 Å². The molecule has 0 aliphatic rings. The van der Waals surface area contributed by atoms with Gasteiger partial charge in [-0.2, -0.15) is 4.37 Å². The lowest BCUT2D eigenvalue weighted by Gasteiger charge is -2.08. The van der Waals surface area contributed by atoms with Crippen molar-refractivity contribution in [2.24, 2.45) is 5.92 Å². The number of anilines is 1. The summed E-state index contributed by atoms with van der Waals surface area (Å²) in [6, 6.07) is 7.20. The molecule has 110 valence electrons. The Morgan fingerprint density at radius 2 is 2.00 bits per heavy atom. The lowest BCUT2D eigenvalue weighted by Crippen LogP contribution is -2.13. The molecule has 2 aromatic rings. The summed E-state index contributed by atoms with van der Waals surface area (Å²) in [5.41, 5.74) is 2.89. The first-order valence-electron chi connectivity index (χ1n) is 6.51. The number of benzene rings is 1. The van der Waals surface area contributed by atoms with Gasteiger partial charge in [0.1, 0.15) is 0 Å². The van der Waals surface area contributed by atoms with E-state index in [1.165, 1.54) is 11.5 Å². The van der Waals surface area contributed by atoms with Crippen LogP contribution in [0.2, 0.25) is 0 Å². The first-order valence-corrected chi connectivity index (χ1v) is 7.35. The number of carboxylic acids is 1. The van der Waals surface area contributed by atoms with Gasteiger partial charge in [0.25, 0.3) is 5.91 Å². The molecule has 0 unspecified atom stereocenters. The van der Waals surface area contributed by atoms with Gasteiger partial charge in [0.2, 0.25) is 0 Å². The van der Waals surface area contributed by atoms with Crippen LogP contribution in [0.4, 0.5) is 5.69 Å². The fourth-order valence-electron chi connectivity index (χ4n) is 1.87. The van der Waals surface area contributed by atoms with E-state index in [0.29, 0.717) is 23.4 Å². The van der Waals surface area contributed by atoms with Crippen LogP contribution < -0.4 is 5.32 Å². The van der Waals surface area contributed by atoms with Crippen LogP contribution in [0.5, 0.6) is 0 Å². The molecule has 1 atom stereocenters. The van der Waals surface area contributed by atoms with E-state index in [-0.39, 0.29) is 5.91 Å². The van der Waals surface area contributed by atoms with Crippen LogP contribution in [0.15, 0.2) is 29.6 Å². The Morgan fingerprint density at radius 3 is 2.52 bits per heavy atom. The van der Waals surface area contributed by atoms with Crippen LogP contribution in [-0.2, 0) is 11.2 Å². The van der Waals surface area contributed by atoms with Gasteiger partial charge in [0.05, 0.1) is 17.2 Å². The molecule has 1 aromatic heterocycles. The highest BCUT2D eigenvalue weighted by Gasteiger charge is 2.13. The first-order chi connectivity index (χ1) is 9.97. The molecule has 0 aliphatic carbocycles. The van der Waals surface area contributed by atoms with E-state index in [1.807, 2.05) is 12.1 Å². The lowest BCUT2D eigenvalue weighted by atomic mass is 10.0. The molecule has 0 aliphatic heterocycles. The van der Waals surface area contributed by atoms with Crippen molar-refractivity contribution in [3.05, 3.63) is 46.5 Å². The fraction of sp³-hybridized carbons (Fsp3) is 0.267. The standard InChI is InChI=1S/C15H16N2O3S/c1-9(15(19)20)7-11-3-5-12(6-4-11)16-14(18)13-8-21-17-10(13)2/h3-6,8-9H,7H2,1-2H3,(H,16,18)(H,19,20)/t9-/m0/s1. The SMILES string of the molecule is Cc1nscc1C(=O)Nc1ccc(C[C@H](C)C(=O)O)cc1. The molecule has 0 bridgehead atoms. The molecule has 1 aromatic carbocycles. The van der Waals surface area contributed by atoms with Gasteiger partial charge >= 0.3 is 5.97 Å². The van der Waals surface area contributed by atoms with E-state index in [9.17, 15) is 9.59 Å². The molecule has 0 fully saturated rings. The zero-order valence-corrected chi connectivity index (χ0v) is 12.6. The van der Waals surface area contributed by atoms with Gasteiger partial charge in [-0.3, -0.25) is 9.59 Å². The summed E-state index contributed by atoms with van der Waals surface area (Å²) in [6.07, 6.45) is 0.469. The van der Waals surface area contributed by atoms with Crippen molar-refractivity contribution >= 4 is 29.1 Å². The Labute approximate surface area is 126 Å². The van der Waals surface area contributed by atoms with Crippen LogP contribution in [0.1, 0.15) is 28.5 Å². The fourth-order valence-corrected chi connectivity index (χ4v) is 2.57. The quantitative estimate of drug-likeness (QED) is 0.890. The number of nitrogens with zero attached hydrogens (tertiary/aromatic N) is 1. The third-order valence-corrected chi connectivity index (χ3v) is 3.89. The zero-order valence-electron chi connectivity index (χ0n) is 11.8. The minimum Gasteiger partial charge on any atom is -0.481 e. The highest BCUT2D eigenvalue weighted by atomic mass is 32.1. The number of hydrogen-bond acceptors (Lipinski definition) is 4. The van der Waals surface area contributed by atoms with Crippen molar-refractivity contribution in [3.63, 3.8) is 0 Å². The van der Waals surface area contributed by atoms with Crippen molar-refractivity contribution in [1.29, 1.82) is 0 Å². The van der Waals surface area contributed by atoms with Crippen molar-refractivity contribution in [2.75, 3.05) is 5.32 Å². The molecular formula is C15H16N2O3S. The minimum absolute atomic E-state index is 0.187. The summed E-state index contributed by atoms with van der Waals surface area (Å²) in [4.78, 5) is 22.8. The van der Waals surface area contributed by atoms with Crippen LogP contribution in [-0.4, -0.2) is 21.4 Å². The first kappa shape index (κ1) is 15.2. The van der Waals surface area contributed by atoms with E-state index in [0.717, 1.165) is 5.56 Å². The number of amides is 1. The van der Waals surface area contributed by atoms with Gasteiger partial charge in [0, 0.05) is 11.1 Å². The molecule has 0 saturated carbocycles. The number of rotatable bonds is 5. The minimum atomic E-state index is -0.812. The van der Waals surface area contributed by atoms with E-state index >= 15 is 0 Å². The number of carbonyl (C=O) groups excluding carboxylic acids is 1. The second-order valence-corrected chi connectivity index (χ2v) is 5.54. The summed E-state index contributed by atoms with van der Waals surface area (Å²) in [6.45, 7) is 3.46. The number of carboxylic acid groups (broad SMARTS) is 1. The van der Waals surface area contributed by atoms with Gasteiger partial charge in [-0.15, -0.1) is 0 Å². The highest BCUT2D eigenvalue weighted by Crippen LogP contribution is 2.16. The number of nitrogens with one attached hydrogen (secondary N) is 1. The Kier molecular flexibility index (Phi) is 4.70. The van der Waals surface area contributed by atoms with Gasteiger partial charge in [0.15, 0.2) is 0 Å². The average molecular weight is 304 g/mol. The molecule has 5 nitrogen and oxygen atoms in total. The van der Waals surface area contributed by atoms with Crippen LogP contribution in [0, 0.1) is 12.8 Å². The molecular weight excluding hydrogens is 288 g/mol. The summed E-state index contributed by atoms with van der Waals surface area (Å²) in [5, 5.41) is 13.4. The third-order valence-electron chi connectivity index (χ3n) is 3.17. The molecule has 2 N–H and O–H groups in total. The topological polar surface area (TPSA) is 79.3 Å². The molecule has 6 heteroatoms.